The average Bonchev–Trinajstić information content (AvgIpc) is 3.06. The molecule has 0 spiro atoms. The van der Waals surface area contributed by atoms with Crippen molar-refractivity contribution in [2.75, 3.05) is 13.2 Å². The number of alkyl carbamates (subject to hydrolysis) is 1. The minimum Gasteiger partial charge on any atom is -0.457 e. The Balaban J connectivity index is 1.66. The highest BCUT2D eigenvalue weighted by Crippen LogP contribution is 2.32. The van der Waals surface area contributed by atoms with Crippen LogP contribution < -0.4 is 10.1 Å². The van der Waals surface area contributed by atoms with Gasteiger partial charge in [-0.05, 0) is 36.2 Å². The van der Waals surface area contributed by atoms with Crippen molar-refractivity contribution in [1.82, 2.24) is 10.2 Å². The van der Waals surface area contributed by atoms with Gasteiger partial charge in [0.15, 0.2) is 5.12 Å². The lowest BCUT2D eigenvalue weighted by Crippen LogP contribution is -2.41. The van der Waals surface area contributed by atoms with E-state index in [9.17, 15) is 14.4 Å². The van der Waals surface area contributed by atoms with Gasteiger partial charge in [-0.3, -0.25) is 9.59 Å². The summed E-state index contributed by atoms with van der Waals surface area (Å²) in [7, 11) is 0. The summed E-state index contributed by atoms with van der Waals surface area (Å²) in [5, 5.41) is 2.35. The number of hydrogen-bond acceptors (Lipinski definition) is 6. The van der Waals surface area contributed by atoms with Gasteiger partial charge in [-0.15, -0.1) is 0 Å². The largest absolute Gasteiger partial charge is 0.457 e. The molecule has 2 aromatic rings. The molecule has 8 heteroatoms. The van der Waals surface area contributed by atoms with E-state index in [1.54, 1.807) is 4.90 Å². The van der Waals surface area contributed by atoms with E-state index in [1.807, 2.05) is 61.5 Å². The van der Waals surface area contributed by atoms with Crippen LogP contribution in [0.3, 0.4) is 0 Å². The van der Waals surface area contributed by atoms with Gasteiger partial charge in [0, 0.05) is 31.7 Å². The minimum absolute atomic E-state index is 0.0431. The molecule has 1 heterocycles. The predicted octanol–water partition coefficient (Wildman–Crippen LogP) is 4.36. The number of rotatable bonds is 9. The van der Waals surface area contributed by atoms with E-state index in [4.69, 9.17) is 9.47 Å². The Bertz CT molecular complexity index is 920. The SMILES string of the molecule is CCCNC(=O)OCC1C(SC(C)=O)CC(=O)N1Cc1ccc(Oc2ccccc2)cc1. The zero-order valence-corrected chi connectivity index (χ0v) is 19.1. The highest BCUT2D eigenvalue weighted by molar-refractivity contribution is 8.14. The molecule has 1 saturated heterocycles. The molecule has 0 aromatic heterocycles. The molecular formula is C24H28N2O5S. The summed E-state index contributed by atoms with van der Waals surface area (Å²) in [6.07, 6.45) is 0.528. The number of nitrogens with zero attached hydrogens (tertiary/aromatic N) is 1. The zero-order valence-electron chi connectivity index (χ0n) is 18.3. The molecule has 2 atom stereocenters. The Morgan fingerprint density at radius 2 is 1.78 bits per heavy atom. The van der Waals surface area contributed by atoms with Crippen LogP contribution in [0.4, 0.5) is 4.79 Å². The number of thioether (sulfide) groups is 1. The van der Waals surface area contributed by atoms with Gasteiger partial charge in [-0.2, -0.15) is 0 Å². The summed E-state index contributed by atoms with van der Waals surface area (Å²) < 4.78 is 11.2. The van der Waals surface area contributed by atoms with Crippen LogP contribution in [-0.2, 0) is 20.9 Å². The predicted molar refractivity (Wildman–Crippen MR) is 124 cm³/mol. The summed E-state index contributed by atoms with van der Waals surface area (Å²) in [5.74, 6) is 1.39. The number of hydrogen-bond donors (Lipinski definition) is 1. The summed E-state index contributed by atoms with van der Waals surface area (Å²) in [6.45, 7) is 4.36. The van der Waals surface area contributed by atoms with Crippen LogP contribution in [0.25, 0.3) is 0 Å². The Morgan fingerprint density at radius 1 is 1.09 bits per heavy atom. The molecule has 3 rings (SSSR count). The maximum Gasteiger partial charge on any atom is 0.407 e. The molecule has 1 N–H and O–H groups in total. The molecule has 0 saturated carbocycles. The molecular weight excluding hydrogens is 428 g/mol. The van der Waals surface area contributed by atoms with Crippen LogP contribution in [0.2, 0.25) is 0 Å². The molecule has 2 amide bonds. The van der Waals surface area contributed by atoms with E-state index in [0.717, 1.165) is 29.5 Å². The molecule has 1 fully saturated rings. The second-order valence-electron chi connectivity index (χ2n) is 7.53. The summed E-state index contributed by atoms with van der Waals surface area (Å²) in [4.78, 5) is 38.0. The number of para-hydroxylation sites is 1. The summed E-state index contributed by atoms with van der Waals surface area (Å²) >= 11 is 1.13. The fourth-order valence-electron chi connectivity index (χ4n) is 3.47. The van der Waals surface area contributed by atoms with Crippen molar-refractivity contribution in [1.29, 1.82) is 0 Å². The van der Waals surface area contributed by atoms with E-state index in [1.165, 1.54) is 6.92 Å². The van der Waals surface area contributed by atoms with Gasteiger partial charge in [0.05, 0.1) is 6.04 Å². The third-order valence-electron chi connectivity index (χ3n) is 5.00. The van der Waals surface area contributed by atoms with Crippen LogP contribution in [0, 0.1) is 0 Å². The first kappa shape index (κ1) is 23.7. The van der Waals surface area contributed by atoms with Crippen LogP contribution in [0.15, 0.2) is 54.6 Å². The van der Waals surface area contributed by atoms with Crippen molar-refractivity contribution in [3.05, 3.63) is 60.2 Å². The number of carbonyl (C=O) groups excluding carboxylic acids is 3. The average molecular weight is 457 g/mol. The van der Waals surface area contributed by atoms with Gasteiger partial charge in [-0.1, -0.05) is 49.0 Å². The molecule has 170 valence electrons. The molecule has 32 heavy (non-hydrogen) atoms. The number of carbonyl (C=O) groups is 3. The standard InChI is InChI=1S/C24H28N2O5S/c1-3-13-25-24(29)30-16-21-22(32-17(2)27)14-23(28)26(21)15-18-9-11-20(12-10-18)31-19-7-5-4-6-8-19/h4-12,21-22H,3,13-16H2,1-2H3,(H,25,29). The van der Waals surface area contributed by atoms with E-state index in [2.05, 4.69) is 5.32 Å². The van der Waals surface area contributed by atoms with Gasteiger partial charge >= 0.3 is 6.09 Å². The highest BCUT2D eigenvalue weighted by atomic mass is 32.2. The quantitative estimate of drug-likeness (QED) is 0.603. The van der Waals surface area contributed by atoms with Gasteiger partial charge in [0.1, 0.15) is 18.1 Å². The van der Waals surface area contributed by atoms with Gasteiger partial charge in [0.25, 0.3) is 0 Å². The van der Waals surface area contributed by atoms with E-state index in [-0.39, 0.29) is 35.3 Å². The van der Waals surface area contributed by atoms with Gasteiger partial charge < -0.3 is 19.7 Å². The third kappa shape index (κ3) is 6.75. The number of amides is 2. The Morgan fingerprint density at radius 3 is 2.44 bits per heavy atom. The zero-order chi connectivity index (χ0) is 22.9. The Labute approximate surface area is 192 Å². The second kappa shape index (κ2) is 11.6. The molecule has 7 nitrogen and oxygen atoms in total. The second-order valence-corrected chi connectivity index (χ2v) is 8.94. The van der Waals surface area contributed by atoms with Gasteiger partial charge in [0.2, 0.25) is 5.91 Å². The number of ether oxygens (including phenoxy) is 2. The Kier molecular flexibility index (Phi) is 8.56. The van der Waals surface area contributed by atoms with E-state index < -0.39 is 6.09 Å². The lowest BCUT2D eigenvalue weighted by molar-refractivity contribution is -0.130. The molecule has 2 aromatic carbocycles. The molecule has 0 aliphatic carbocycles. The normalized spacial score (nSPS) is 17.8. The lowest BCUT2D eigenvalue weighted by atomic mass is 10.2. The topological polar surface area (TPSA) is 84.9 Å². The highest BCUT2D eigenvalue weighted by Gasteiger charge is 2.41. The van der Waals surface area contributed by atoms with Gasteiger partial charge in [-0.25, -0.2) is 4.79 Å². The molecule has 2 unspecified atom stereocenters. The molecule has 1 aliphatic heterocycles. The van der Waals surface area contributed by atoms with Crippen molar-refractivity contribution >= 4 is 28.9 Å². The first-order valence-corrected chi connectivity index (χ1v) is 11.5. The summed E-state index contributed by atoms with van der Waals surface area (Å²) in [6, 6.07) is 16.6. The fraction of sp³-hybridized carbons (Fsp3) is 0.375. The minimum atomic E-state index is -0.514. The van der Waals surface area contributed by atoms with E-state index >= 15 is 0 Å². The first-order valence-electron chi connectivity index (χ1n) is 10.7. The third-order valence-corrected chi connectivity index (χ3v) is 6.12. The number of nitrogens with one attached hydrogen (secondary N) is 1. The van der Waals surface area contributed by atoms with E-state index in [0.29, 0.717) is 18.8 Å². The Hall–Kier alpha value is -3.00. The lowest BCUT2D eigenvalue weighted by Gasteiger charge is -2.27. The number of benzene rings is 2. The van der Waals surface area contributed by atoms with Crippen molar-refractivity contribution in [3.63, 3.8) is 0 Å². The molecule has 0 radical (unpaired) electrons. The van der Waals surface area contributed by atoms with Crippen LogP contribution in [0.5, 0.6) is 11.5 Å². The van der Waals surface area contributed by atoms with Crippen molar-refractivity contribution in [2.45, 2.75) is 44.5 Å². The smallest absolute Gasteiger partial charge is 0.407 e. The van der Waals surface area contributed by atoms with Crippen LogP contribution in [0.1, 0.15) is 32.3 Å². The van der Waals surface area contributed by atoms with Crippen molar-refractivity contribution in [3.8, 4) is 11.5 Å². The fourth-order valence-corrected chi connectivity index (χ4v) is 4.51. The maximum atomic E-state index is 12.7. The molecule has 0 bridgehead atoms. The van der Waals surface area contributed by atoms with Crippen molar-refractivity contribution in [2.24, 2.45) is 0 Å². The van der Waals surface area contributed by atoms with Crippen LogP contribution >= 0.6 is 11.8 Å². The monoisotopic (exact) mass is 456 g/mol. The first-order chi connectivity index (χ1) is 15.5. The number of likely N-dealkylation sites (tertiary alicyclic amines) is 1. The summed E-state index contributed by atoms with van der Waals surface area (Å²) in [5.41, 5.74) is 0.924. The maximum absolute atomic E-state index is 12.7. The molecule has 1 aliphatic rings. The van der Waals surface area contributed by atoms with Crippen LogP contribution in [-0.4, -0.2) is 46.5 Å². The van der Waals surface area contributed by atoms with Crippen molar-refractivity contribution < 1.29 is 23.9 Å².